The minimum absolute atomic E-state index is 0.438. The molecule has 0 fully saturated rings. The molecule has 92 valence electrons. The number of carboxylic acid groups (broad SMARTS) is 1. The Balaban J connectivity index is 1.93. The molecule has 4 nitrogen and oxygen atoms in total. The van der Waals surface area contributed by atoms with E-state index in [9.17, 15) is 4.79 Å². The van der Waals surface area contributed by atoms with E-state index in [0.29, 0.717) is 6.61 Å². The van der Waals surface area contributed by atoms with Gasteiger partial charge in [-0.05, 0) is 23.8 Å². The Hall–Kier alpha value is -2.14. The van der Waals surface area contributed by atoms with E-state index in [-0.39, 0.29) is 0 Å². The molecule has 0 saturated heterocycles. The van der Waals surface area contributed by atoms with Crippen LogP contribution in [0.15, 0.2) is 41.2 Å². The van der Waals surface area contributed by atoms with Crippen molar-refractivity contribution in [1.29, 1.82) is 0 Å². The van der Waals surface area contributed by atoms with Crippen LogP contribution in [0.4, 0.5) is 0 Å². The van der Waals surface area contributed by atoms with Gasteiger partial charge in [0.1, 0.15) is 12.4 Å². The highest BCUT2D eigenvalue weighted by atomic mass is 32.1. The Kier molecular flexibility index (Phi) is 4.09. The number of ether oxygens (including phenoxy) is 1. The number of thiazole rings is 1. The van der Waals surface area contributed by atoms with Gasteiger partial charge in [0.15, 0.2) is 0 Å². The van der Waals surface area contributed by atoms with Gasteiger partial charge in [0, 0.05) is 11.5 Å². The van der Waals surface area contributed by atoms with E-state index in [1.165, 1.54) is 17.4 Å². The molecule has 0 aliphatic carbocycles. The Bertz CT molecular complexity index is 532. The van der Waals surface area contributed by atoms with Crippen LogP contribution in [0.5, 0.6) is 5.75 Å². The monoisotopic (exact) mass is 261 g/mol. The Labute approximate surface area is 108 Å². The molecule has 18 heavy (non-hydrogen) atoms. The quantitative estimate of drug-likeness (QED) is 0.841. The maximum Gasteiger partial charge on any atom is 0.328 e. The molecule has 0 amide bonds. The Morgan fingerprint density at radius 3 is 2.78 bits per heavy atom. The molecule has 2 rings (SSSR count). The molecule has 0 bridgehead atoms. The van der Waals surface area contributed by atoms with Crippen molar-refractivity contribution in [1.82, 2.24) is 4.98 Å². The number of hydrogen-bond donors (Lipinski definition) is 1. The van der Waals surface area contributed by atoms with E-state index in [1.54, 1.807) is 29.8 Å². The second kappa shape index (κ2) is 5.97. The first-order chi connectivity index (χ1) is 8.74. The number of carboxylic acids is 1. The number of aliphatic carboxylic acids is 1. The number of rotatable bonds is 5. The minimum atomic E-state index is -0.959. The van der Waals surface area contributed by atoms with Crippen molar-refractivity contribution in [2.75, 3.05) is 0 Å². The van der Waals surface area contributed by atoms with E-state index >= 15 is 0 Å². The average Bonchev–Trinajstić information content (AvgIpc) is 2.88. The van der Waals surface area contributed by atoms with E-state index in [1.807, 2.05) is 5.38 Å². The van der Waals surface area contributed by atoms with Crippen molar-refractivity contribution in [3.05, 3.63) is 52.5 Å². The fourth-order valence-corrected chi connectivity index (χ4v) is 1.85. The lowest BCUT2D eigenvalue weighted by Crippen LogP contribution is -1.95. The highest BCUT2D eigenvalue weighted by molar-refractivity contribution is 7.07. The van der Waals surface area contributed by atoms with Crippen molar-refractivity contribution in [2.24, 2.45) is 0 Å². The fraction of sp³-hybridized carbons (Fsp3) is 0.0769. The molecule has 1 aromatic carbocycles. The van der Waals surface area contributed by atoms with Crippen LogP contribution in [0.25, 0.3) is 6.08 Å². The lowest BCUT2D eigenvalue weighted by Gasteiger charge is -2.04. The Morgan fingerprint density at radius 1 is 1.39 bits per heavy atom. The van der Waals surface area contributed by atoms with E-state index in [0.717, 1.165) is 23.1 Å². The summed E-state index contributed by atoms with van der Waals surface area (Å²) in [6.07, 6.45) is 2.64. The lowest BCUT2D eigenvalue weighted by molar-refractivity contribution is -0.131. The van der Waals surface area contributed by atoms with E-state index in [4.69, 9.17) is 9.84 Å². The number of aromatic nitrogens is 1. The number of carbonyl (C=O) groups is 1. The highest BCUT2D eigenvalue weighted by Crippen LogP contribution is 2.15. The molecule has 0 unspecified atom stereocenters. The first-order valence-corrected chi connectivity index (χ1v) is 6.19. The molecule has 1 N–H and O–H groups in total. The van der Waals surface area contributed by atoms with Gasteiger partial charge in [-0.15, -0.1) is 11.3 Å². The summed E-state index contributed by atoms with van der Waals surface area (Å²) in [6.45, 7) is 0.438. The average molecular weight is 261 g/mol. The van der Waals surface area contributed by atoms with Crippen LogP contribution in [0.2, 0.25) is 0 Å². The molecule has 0 radical (unpaired) electrons. The predicted octanol–water partition coefficient (Wildman–Crippen LogP) is 2.82. The number of benzene rings is 1. The molecule has 0 spiro atoms. The van der Waals surface area contributed by atoms with Crippen LogP contribution >= 0.6 is 11.3 Å². The second-order valence-corrected chi connectivity index (χ2v) is 4.23. The van der Waals surface area contributed by atoms with Crippen LogP contribution in [-0.4, -0.2) is 16.1 Å². The topological polar surface area (TPSA) is 59.4 Å². The number of hydrogen-bond acceptors (Lipinski definition) is 4. The smallest absolute Gasteiger partial charge is 0.328 e. The lowest BCUT2D eigenvalue weighted by atomic mass is 10.2. The van der Waals surface area contributed by atoms with Gasteiger partial charge in [0.25, 0.3) is 0 Å². The highest BCUT2D eigenvalue weighted by Gasteiger charge is 1.97. The van der Waals surface area contributed by atoms with Crippen LogP contribution < -0.4 is 4.74 Å². The SMILES string of the molecule is O=C(O)C=Cc1ccc(OCc2cscn2)cc1. The second-order valence-electron chi connectivity index (χ2n) is 3.51. The van der Waals surface area contributed by atoms with E-state index in [2.05, 4.69) is 4.98 Å². The molecule has 0 aliphatic rings. The molecule has 0 atom stereocenters. The zero-order valence-corrected chi connectivity index (χ0v) is 10.3. The molecule has 1 heterocycles. The fourth-order valence-electron chi connectivity index (χ4n) is 1.31. The summed E-state index contributed by atoms with van der Waals surface area (Å²) in [5.41, 5.74) is 3.48. The normalized spacial score (nSPS) is 10.7. The van der Waals surface area contributed by atoms with Gasteiger partial charge in [0.05, 0.1) is 11.2 Å². The summed E-state index contributed by atoms with van der Waals surface area (Å²) < 4.78 is 5.53. The van der Waals surface area contributed by atoms with Crippen LogP contribution in [0.3, 0.4) is 0 Å². The van der Waals surface area contributed by atoms with Gasteiger partial charge in [-0.3, -0.25) is 0 Å². The third kappa shape index (κ3) is 3.71. The summed E-state index contributed by atoms with van der Waals surface area (Å²) in [7, 11) is 0. The van der Waals surface area contributed by atoms with Gasteiger partial charge in [0.2, 0.25) is 0 Å². The number of nitrogens with zero attached hydrogens (tertiary/aromatic N) is 1. The van der Waals surface area contributed by atoms with Gasteiger partial charge >= 0.3 is 5.97 Å². The van der Waals surface area contributed by atoms with E-state index < -0.39 is 5.97 Å². The minimum Gasteiger partial charge on any atom is -0.487 e. The van der Waals surface area contributed by atoms with Crippen molar-refractivity contribution >= 4 is 23.4 Å². The van der Waals surface area contributed by atoms with Gasteiger partial charge in [-0.1, -0.05) is 12.1 Å². The molecular weight excluding hydrogens is 250 g/mol. The van der Waals surface area contributed by atoms with Gasteiger partial charge in [-0.25, -0.2) is 9.78 Å². The third-order valence-electron chi connectivity index (χ3n) is 2.17. The van der Waals surface area contributed by atoms with Crippen molar-refractivity contribution in [2.45, 2.75) is 6.61 Å². The molecular formula is C13H11NO3S. The summed E-state index contributed by atoms with van der Waals surface area (Å²) in [5, 5.41) is 10.4. The summed E-state index contributed by atoms with van der Waals surface area (Å²) in [6, 6.07) is 7.20. The standard InChI is InChI=1S/C13H11NO3S/c15-13(16)6-3-10-1-4-12(5-2-10)17-7-11-8-18-9-14-11/h1-6,8-9H,7H2,(H,15,16). The molecule has 0 aliphatic heterocycles. The van der Waals surface area contributed by atoms with Crippen molar-refractivity contribution in [3.8, 4) is 5.75 Å². The Morgan fingerprint density at radius 2 is 2.17 bits per heavy atom. The first kappa shape index (κ1) is 12.3. The van der Waals surface area contributed by atoms with Crippen LogP contribution in [0.1, 0.15) is 11.3 Å². The van der Waals surface area contributed by atoms with Gasteiger partial charge < -0.3 is 9.84 Å². The molecule has 0 saturated carbocycles. The maximum absolute atomic E-state index is 10.4. The molecule has 2 aromatic rings. The molecule has 5 heteroatoms. The largest absolute Gasteiger partial charge is 0.487 e. The zero-order valence-electron chi connectivity index (χ0n) is 9.45. The van der Waals surface area contributed by atoms with Crippen LogP contribution in [-0.2, 0) is 11.4 Å². The predicted molar refractivity (Wildman–Crippen MR) is 69.6 cm³/mol. The van der Waals surface area contributed by atoms with Gasteiger partial charge in [-0.2, -0.15) is 0 Å². The van der Waals surface area contributed by atoms with Crippen molar-refractivity contribution < 1.29 is 14.6 Å². The maximum atomic E-state index is 10.4. The first-order valence-electron chi connectivity index (χ1n) is 5.25. The summed E-state index contributed by atoms with van der Waals surface area (Å²) >= 11 is 1.53. The third-order valence-corrected chi connectivity index (χ3v) is 2.80. The van der Waals surface area contributed by atoms with Crippen LogP contribution in [0, 0.1) is 0 Å². The molecule has 1 aromatic heterocycles. The summed E-state index contributed by atoms with van der Waals surface area (Å²) in [4.78, 5) is 14.5. The van der Waals surface area contributed by atoms with Crippen molar-refractivity contribution in [3.63, 3.8) is 0 Å². The summed E-state index contributed by atoms with van der Waals surface area (Å²) in [5.74, 6) is -0.227. The zero-order chi connectivity index (χ0) is 12.8.